The number of amides is 11. The van der Waals surface area contributed by atoms with Gasteiger partial charge in [0.25, 0.3) is 0 Å². The van der Waals surface area contributed by atoms with E-state index in [1.54, 1.807) is 27.7 Å². The van der Waals surface area contributed by atoms with E-state index in [1.807, 2.05) is 13.8 Å². The Morgan fingerprint density at radius 3 is 1.82 bits per heavy atom. The molecule has 3 heterocycles. The number of rotatable bonds is 13. The summed E-state index contributed by atoms with van der Waals surface area (Å²) in [4.78, 5) is 172. The summed E-state index contributed by atoms with van der Waals surface area (Å²) in [6.07, 6.45) is -8.91. The molecule has 103 heavy (non-hydrogen) atoms. The highest BCUT2D eigenvalue weighted by Crippen LogP contribution is 2.39. The SMILES string of the molecule is CCOC1C[C@H]2C(=O)NC3(CCCC3)C(=O)N(C)[C@@H](C3CCCC3)C(=O)N(C)[C@H](C)CC(=O)N(C)[C@@H](CC(C)C)C(=O)N[C@@H]([C@@H](C)CC)C(=O)N[C@@H](C)C(=O)N3CC[C@H]3C(=O)N(CC)[C@@H](Cc3ccc(C(F)(F)F)cc3)C(=O)N(C)CC(=O)N[C@@H](CCc3cc(F)c(C(F)(F)F)c(F)c3)C(=O)N2C1. The van der Waals surface area contributed by atoms with Crippen LogP contribution >= 0.6 is 0 Å². The number of carbonyl (C=O) groups is 11. The Kier molecular flexibility index (Phi) is 27.8. The van der Waals surface area contributed by atoms with E-state index in [9.17, 15) is 55.1 Å². The topological polar surface area (TPSA) is 268 Å². The van der Waals surface area contributed by atoms with Crippen LogP contribution in [0.15, 0.2) is 36.4 Å². The van der Waals surface area contributed by atoms with Gasteiger partial charge in [0.05, 0.1) is 18.2 Å². The lowest BCUT2D eigenvalue weighted by atomic mass is 9.90. The number of benzene rings is 2. The molecular weight excluding hydrogens is 1360 g/mol. The molecular formula is C72H101F8N11O12. The molecule has 23 nitrogen and oxygen atoms in total. The van der Waals surface area contributed by atoms with Crippen molar-refractivity contribution in [3.63, 3.8) is 0 Å². The molecule has 11 amide bonds. The first kappa shape index (κ1) is 82.3. The Morgan fingerprint density at radius 1 is 0.650 bits per heavy atom. The van der Waals surface area contributed by atoms with Crippen LogP contribution in [0.3, 0.4) is 0 Å². The molecule has 5 fully saturated rings. The second kappa shape index (κ2) is 34.7. The molecule has 2 aliphatic carbocycles. The molecule has 2 aromatic rings. The number of hydrogen-bond donors (Lipinski definition) is 4. The van der Waals surface area contributed by atoms with Gasteiger partial charge in [0.2, 0.25) is 65.0 Å². The first-order valence-corrected chi connectivity index (χ1v) is 35.8. The molecule has 5 aliphatic rings. The molecule has 2 saturated carbocycles. The van der Waals surface area contributed by atoms with Crippen molar-refractivity contribution in [2.24, 2.45) is 17.8 Å². The number of alkyl halides is 6. The number of carbonyl (C=O) groups excluding carboxylic acids is 11. The highest BCUT2D eigenvalue weighted by molar-refractivity contribution is 6.00. The maximum absolute atomic E-state index is 15.5. The first-order valence-electron chi connectivity index (χ1n) is 35.8. The van der Waals surface area contributed by atoms with Crippen molar-refractivity contribution in [1.29, 1.82) is 0 Å². The van der Waals surface area contributed by atoms with Crippen LogP contribution in [0, 0.1) is 29.4 Å². The third-order valence-electron chi connectivity index (χ3n) is 21.3. The number of halogens is 8. The highest BCUT2D eigenvalue weighted by Gasteiger charge is 2.53. The summed E-state index contributed by atoms with van der Waals surface area (Å²) in [5.74, 6) is -13.5. The Bertz CT molecular complexity index is 3400. The summed E-state index contributed by atoms with van der Waals surface area (Å²) in [5.41, 5.74) is -5.12. The average Bonchev–Trinajstić information content (AvgIpc) is 1.77. The smallest absolute Gasteiger partial charge is 0.377 e. The number of aryl methyl sites for hydroxylation is 1. The van der Waals surface area contributed by atoms with Gasteiger partial charge in [-0.15, -0.1) is 0 Å². The molecule has 0 bridgehead atoms. The van der Waals surface area contributed by atoms with Crippen LogP contribution in [0.5, 0.6) is 0 Å². The fraction of sp³-hybridized carbons (Fsp3) is 0.681. The molecule has 3 saturated heterocycles. The Labute approximate surface area is 596 Å². The third-order valence-corrected chi connectivity index (χ3v) is 21.3. The number of likely N-dealkylation sites (N-methyl/N-ethyl adjacent to an activating group) is 5. The van der Waals surface area contributed by atoms with Crippen molar-refractivity contribution >= 4 is 65.0 Å². The zero-order valence-corrected chi connectivity index (χ0v) is 60.9. The van der Waals surface area contributed by atoms with Gasteiger partial charge in [-0.1, -0.05) is 71.9 Å². The van der Waals surface area contributed by atoms with Crippen molar-refractivity contribution in [1.82, 2.24) is 55.6 Å². The molecule has 0 aromatic heterocycles. The van der Waals surface area contributed by atoms with Crippen LogP contribution in [0.4, 0.5) is 35.1 Å². The number of nitrogens with zero attached hydrogens (tertiary/aromatic N) is 7. The molecule has 2 aromatic carbocycles. The van der Waals surface area contributed by atoms with Gasteiger partial charge in [-0.3, -0.25) is 52.7 Å². The lowest BCUT2D eigenvalue weighted by molar-refractivity contribution is -0.158. The van der Waals surface area contributed by atoms with Gasteiger partial charge in [0.15, 0.2) is 0 Å². The van der Waals surface area contributed by atoms with Crippen molar-refractivity contribution in [2.45, 2.75) is 236 Å². The number of fused-ring (bicyclic) bond motifs is 2. The van der Waals surface area contributed by atoms with Crippen LogP contribution in [0.1, 0.15) is 168 Å². The van der Waals surface area contributed by atoms with E-state index in [1.165, 1.54) is 54.6 Å². The molecule has 11 atom stereocenters. The van der Waals surface area contributed by atoms with Gasteiger partial charge in [0, 0.05) is 79.7 Å². The van der Waals surface area contributed by atoms with Gasteiger partial charge < -0.3 is 60.3 Å². The Morgan fingerprint density at radius 2 is 1.27 bits per heavy atom. The van der Waals surface area contributed by atoms with Crippen LogP contribution in [0.25, 0.3) is 0 Å². The molecule has 3 aliphatic heterocycles. The molecule has 31 heteroatoms. The molecule has 7 rings (SSSR count). The average molecular weight is 1460 g/mol. The number of ether oxygens (including phenoxy) is 1. The zero-order valence-electron chi connectivity index (χ0n) is 60.9. The predicted molar refractivity (Wildman–Crippen MR) is 361 cm³/mol. The van der Waals surface area contributed by atoms with Gasteiger partial charge >= 0.3 is 12.4 Å². The molecule has 4 N–H and O–H groups in total. The zero-order chi connectivity index (χ0) is 76.5. The van der Waals surface area contributed by atoms with Crippen molar-refractivity contribution < 1.29 is 92.6 Å². The monoisotopic (exact) mass is 1460 g/mol. The van der Waals surface area contributed by atoms with Gasteiger partial charge in [-0.25, -0.2) is 8.78 Å². The standard InChI is InChI=1S/C72H101F8N11O12/c1-13-41(6)59-63(96)81-43(8)64(97)90-31-28-52(90)67(100)89(14-2)55(36-44-22-25-47(26-23-44)71(75,76)77)66(99)85(9)39-56(92)82-51(27-24-45-34-49(73)58(50(74)35-45)72(78,79)80)65(98)91-38-48(103-15-3)37-54(91)62(95)84-70(29-18-19-30-70)69(102)88(12)60(46-20-16-17-21-46)68(101)86(10)42(7)33-57(93)87(11)53(32-40(4)5)61(94)83-59/h22-23,25-26,34-35,40-43,46,48,51-55,59-60H,13-21,24,27-33,36-39H2,1-12H3,(H,81,96)(H,82,92)(H,83,94)(H,84,95)/t41-,42+,43-,48?,51-,52-,53-,54-,55-,59-,60-/m0/s1. The van der Waals surface area contributed by atoms with E-state index < -0.39 is 198 Å². The van der Waals surface area contributed by atoms with E-state index >= 15 is 32.8 Å². The lowest BCUT2D eigenvalue weighted by Crippen LogP contribution is -2.65. The first-order chi connectivity index (χ1) is 48.3. The largest absolute Gasteiger partial charge is 0.422 e. The third kappa shape index (κ3) is 19.5. The molecule has 0 radical (unpaired) electrons. The van der Waals surface area contributed by atoms with E-state index in [-0.39, 0.29) is 87.7 Å². The highest BCUT2D eigenvalue weighted by atomic mass is 19.4. The van der Waals surface area contributed by atoms with Gasteiger partial charge in [0.1, 0.15) is 71.1 Å². The maximum Gasteiger partial charge on any atom is 0.422 e. The minimum absolute atomic E-state index is 0.00763. The maximum atomic E-state index is 15.5. The Hall–Kier alpha value is -7.99. The summed E-state index contributed by atoms with van der Waals surface area (Å²) in [7, 11) is 5.59. The lowest BCUT2D eigenvalue weighted by Gasteiger charge is -2.45. The molecule has 1 spiro atoms. The quantitative estimate of drug-likeness (QED) is 0.156. The molecule has 1 unspecified atom stereocenters. The molecule has 572 valence electrons. The Balaban J connectivity index is 1.31. The fourth-order valence-electron chi connectivity index (χ4n) is 15.0. The number of nitrogens with one attached hydrogen (secondary N) is 4. The second-order valence-electron chi connectivity index (χ2n) is 28.9. The van der Waals surface area contributed by atoms with Crippen LogP contribution in [-0.2, 0) is 82.7 Å². The van der Waals surface area contributed by atoms with Crippen molar-refractivity contribution in [3.05, 3.63) is 70.3 Å². The fourth-order valence-corrected chi connectivity index (χ4v) is 15.0. The summed E-state index contributed by atoms with van der Waals surface area (Å²) < 4.78 is 119. The summed E-state index contributed by atoms with van der Waals surface area (Å²) >= 11 is 0. The van der Waals surface area contributed by atoms with E-state index in [0.29, 0.717) is 44.2 Å². The minimum Gasteiger partial charge on any atom is -0.377 e. The van der Waals surface area contributed by atoms with Crippen LogP contribution in [-0.4, -0.2) is 226 Å². The van der Waals surface area contributed by atoms with E-state index in [2.05, 4.69) is 21.3 Å². The minimum atomic E-state index is -5.44. The van der Waals surface area contributed by atoms with Crippen molar-refractivity contribution in [3.8, 4) is 0 Å². The summed E-state index contributed by atoms with van der Waals surface area (Å²) in [6, 6.07) is -7.23. The van der Waals surface area contributed by atoms with E-state index in [4.69, 9.17) is 4.74 Å². The van der Waals surface area contributed by atoms with Gasteiger partial charge in [-0.05, 0) is 132 Å². The summed E-state index contributed by atoms with van der Waals surface area (Å²) in [6.45, 7) is 12.0. The normalized spacial score (nSPS) is 27.1. The number of hydrogen-bond acceptors (Lipinski definition) is 12. The van der Waals surface area contributed by atoms with Crippen LogP contribution in [0.2, 0.25) is 0 Å². The van der Waals surface area contributed by atoms with Crippen molar-refractivity contribution in [2.75, 3.05) is 61.0 Å². The second-order valence-corrected chi connectivity index (χ2v) is 28.9. The van der Waals surface area contributed by atoms with Crippen LogP contribution < -0.4 is 21.3 Å². The van der Waals surface area contributed by atoms with Gasteiger partial charge in [-0.2, -0.15) is 26.3 Å². The van der Waals surface area contributed by atoms with E-state index in [0.717, 1.165) is 58.9 Å². The predicted octanol–water partition coefficient (Wildman–Crippen LogP) is 6.55. The summed E-state index contributed by atoms with van der Waals surface area (Å²) in [5, 5.41) is 11.0.